The molecule has 8 heteroatoms. The van der Waals surface area contributed by atoms with Crippen molar-refractivity contribution in [1.29, 1.82) is 0 Å². The van der Waals surface area contributed by atoms with Crippen LogP contribution in [0, 0.1) is 6.92 Å². The number of nitrogens with zero attached hydrogens (tertiary/aromatic N) is 2. The number of aromatic amines is 1. The molecule has 0 aliphatic heterocycles. The van der Waals surface area contributed by atoms with E-state index in [0.29, 0.717) is 36.5 Å². The van der Waals surface area contributed by atoms with Gasteiger partial charge in [-0.3, -0.25) is 9.89 Å². The molecule has 2 aromatic heterocycles. The van der Waals surface area contributed by atoms with Crippen LogP contribution in [-0.4, -0.2) is 39.3 Å². The Bertz CT molecular complexity index is 1210. The number of phenolic OH excluding ortho intramolecular Hbond substituents is 1. The Morgan fingerprint density at radius 3 is 2.78 bits per heavy atom. The van der Waals surface area contributed by atoms with Gasteiger partial charge in [-0.1, -0.05) is 18.2 Å². The molecule has 4 rings (SSSR count). The zero-order valence-corrected chi connectivity index (χ0v) is 17.7. The number of carbonyl (C=O) groups is 1. The number of aromatic hydroxyl groups is 1. The van der Waals surface area contributed by atoms with Gasteiger partial charge in [-0.25, -0.2) is 4.98 Å². The Labute approximate surface area is 185 Å². The van der Waals surface area contributed by atoms with Gasteiger partial charge in [0, 0.05) is 41.0 Å². The molecule has 0 saturated carbocycles. The van der Waals surface area contributed by atoms with Gasteiger partial charge >= 0.3 is 0 Å². The van der Waals surface area contributed by atoms with Crippen LogP contribution in [0.5, 0.6) is 17.2 Å². The second kappa shape index (κ2) is 9.82. The number of ether oxygens (including phenoxy) is 2. The van der Waals surface area contributed by atoms with E-state index in [1.54, 1.807) is 12.3 Å². The van der Waals surface area contributed by atoms with E-state index in [0.717, 1.165) is 22.4 Å². The van der Waals surface area contributed by atoms with Gasteiger partial charge in [-0.2, -0.15) is 5.10 Å². The number of aromatic nitrogens is 3. The first-order chi connectivity index (χ1) is 15.6. The SMILES string of the molecule is Cc1[nH]nc2ncc(COc3cc(O)cc(C(=O)NCCCOc4ccccc4)c3)cc12. The van der Waals surface area contributed by atoms with Crippen LogP contribution in [0.2, 0.25) is 0 Å². The Morgan fingerprint density at radius 2 is 1.94 bits per heavy atom. The number of nitrogens with one attached hydrogen (secondary N) is 2. The number of amides is 1. The average Bonchev–Trinajstić information content (AvgIpc) is 3.18. The summed E-state index contributed by atoms with van der Waals surface area (Å²) in [4.78, 5) is 16.8. The van der Waals surface area contributed by atoms with Gasteiger partial charge in [0.1, 0.15) is 23.9 Å². The number of rotatable bonds is 9. The fourth-order valence-corrected chi connectivity index (χ4v) is 3.19. The van der Waals surface area contributed by atoms with Gasteiger partial charge in [-0.05, 0) is 43.7 Å². The summed E-state index contributed by atoms with van der Waals surface area (Å²) in [6, 6.07) is 16.0. The van der Waals surface area contributed by atoms with E-state index >= 15 is 0 Å². The molecule has 0 spiro atoms. The molecule has 0 atom stereocenters. The van der Waals surface area contributed by atoms with Crippen molar-refractivity contribution in [3.05, 3.63) is 77.6 Å². The molecule has 2 aromatic carbocycles. The van der Waals surface area contributed by atoms with E-state index in [1.165, 1.54) is 12.1 Å². The highest BCUT2D eigenvalue weighted by Gasteiger charge is 2.10. The van der Waals surface area contributed by atoms with Gasteiger partial charge in [0.25, 0.3) is 5.91 Å². The first-order valence-corrected chi connectivity index (χ1v) is 10.3. The van der Waals surface area contributed by atoms with Crippen LogP contribution in [0.3, 0.4) is 0 Å². The fourth-order valence-electron chi connectivity index (χ4n) is 3.19. The topological polar surface area (TPSA) is 109 Å². The number of carbonyl (C=O) groups excluding carboxylic acids is 1. The smallest absolute Gasteiger partial charge is 0.251 e. The summed E-state index contributed by atoms with van der Waals surface area (Å²) in [6.07, 6.45) is 2.35. The minimum atomic E-state index is -0.289. The molecule has 3 N–H and O–H groups in total. The molecule has 0 unspecified atom stereocenters. The van der Waals surface area contributed by atoms with Crippen molar-refractivity contribution < 1.29 is 19.4 Å². The predicted molar refractivity (Wildman–Crippen MR) is 120 cm³/mol. The number of hydrogen-bond acceptors (Lipinski definition) is 6. The van der Waals surface area contributed by atoms with Gasteiger partial charge in [0.05, 0.1) is 6.61 Å². The van der Waals surface area contributed by atoms with Gasteiger partial charge < -0.3 is 19.9 Å². The number of pyridine rings is 1. The Hall–Kier alpha value is -4.07. The van der Waals surface area contributed by atoms with Crippen LogP contribution in [0.1, 0.15) is 28.0 Å². The van der Waals surface area contributed by atoms with Crippen LogP contribution < -0.4 is 14.8 Å². The van der Waals surface area contributed by atoms with Crippen LogP contribution in [-0.2, 0) is 6.61 Å². The quantitative estimate of drug-likeness (QED) is 0.348. The summed E-state index contributed by atoms with van der Waals surface area (Å²) in [7, 11) is 0. The van der Waals surface area contributed by atoms with Crippen LogP contribution in [0.4, 0.5) is 0 Å². The van der Waals surface area contributed by atoms with Crippen LogP contribution in [0.15, 0.2) is 60.8 Å². The van der Waals surface area contributed by atoms with Crippen molar-refractivity contribution in [2.45, 2.75) is 20.0 Å². The molecule has 0 bridgehead atoms. The predicted octanol–water partition coefficient (Wildman–Crippen LogP) is 3.75. The van der Waals surface area contributed by atoms with Crippen molar-refractivity contribution in [2.75, 3.05) is 13.2 Å². The van der Waals surface area contributed by atoms with Crippen molar-refractivity contribution in [3.63, 3.8) is 0 Å². The lowest BCUT2D eigenvalue weighted by Gasteiger charge is -2.10. The number of hydrogen-bond donors (Lipinski definition) is 3. The number of aryl methyl sites for hydroxylation is 1. The number of fused-ring (bicyclic) bond motifs is 1. The van der Waals surface area contributed by atoms with E-state index in [4.69, 9.17) is 9.47 Å². The van der Waals surface area contributed by atoms with E-state index < -0.39 is 0 Å². The zero-order valence-electron chi connectivity index (χ0n) is 17.7. The third-order valence-corrected chi connectivity index (χ3v) is 4.83. The molecular weight excluding hydrogens is 408 g/mol. The van der Waals surface area contributed by atoms with Crippen molar-refractivity contribution in [3.8, 4) is 17.2 Å². The Morgan fingerprint density at radius 1 is 1.09 bits per heavy atom. The summed E-state index contributed by atoms with van der Waals surface area (Å²) in [6.45, 7) is 3.12. The summed E-state index contributed by atoms with van der Waals surface area (Å²) in [5, 5.41) is 20.8. The molecule has 0 aliphatic carbocycles. The molecular formula is C24H24N4O4. The summed E-state index contributed by atoms with van der Waals surface area (Å²) < 4.78 is 11.4. The maximum absolute atomic E-state index is 12.5. The molecule has 164 valence electrons. The largest absolute Gasteiger partial charge is 0.508 e. The minimum absolute atomic E-state index is 0.0423. The summed E-state index contributed by atoms with van der Waals surface area (Å²) in [5.74, 6) is 0.860. The van der Waals surface area contributed by atoms with E-state index in [-0.39, 0.29) is 18.3 Å². The number of benzene rings is 2. The van der Waals surface area contributed by atoms with E-state index in [1.807, 2.05) is 43.3 Å². The average molecular weight is 432 g/mol. The minimum Gasteiger partial charge on any atom is -0.508 e. The third kappa shape index (κ3) is 5.34. The third-order valence-electron chi connectivity index (χ3n) is 4.83. The summed E-state index contributed by atoms with van der Waals surface area (Å²) >= 11 is 0. The first kappa shape index (κ1) is 21.2. The van der Waals surface area contributed by atoms with E-state index in [2.05, 4.69) is 20.5 Å². The van der Waals surface area contributed by atoms with Crippen molar-refractivity contribution >= 4 is 16.9 Å². The molecule has 0 fully saturated rings. The maximum Gasteiger partial charge on any atom is 0.251 e. The van der Waals surface area contributed by atoms with Gasteiger partial charge in [-0.15, -0.1) is 0 Å². The second-order valence-electron chi connectivity index (χ2n) is 7.34. The molecule has 1 amide bonds. The molecule has 4 aromatic rings. The highest BCUT2D eigenvalue weighted by molar-refractivity contribution is 5.95. The lowest BCUT2D eigenvalue weighted by molar-refractivity contribution is 0.0950. The molecule has 0 radical (unpaired) electrons. The molecule has 8 nitrogen and oxygen atoms in total. The second-order valence-corrected chi connectivity index (χ2v) is 7.34. The monoisotopic (exact) mass is 432 g/mol. The maximum atomic E-state index is 12.5. The number of H-pyrrole nitrogens is 1. The molecule has 0 saturated heterocycles. The van der Waals surface area contributed by atoms with Gasteiger partial charge in [0.2, 0.25) is 0 Å². The normalized spacial score (nSPS) is 10.8. The molecule has 32 heavy (non-hydrogen) atoms. The Kier molecular flexibility index (Phi) is 6.50. The highest BCUT2D eigenvalue weighted by atomic mass is 16.5. The number of phenols is 1. The van der Waals surface area contributed by atoms with Crippen LogP contribution >= 0.6 is 0 Å². The zero-order chi connectivity index (χ0) is 22.3. The molecule has 0 aliphatic rings. The molecule has 2 heterocycles. The summed E-state index contributed by atoms with van der Waals surface area (Å²) in [5.41, 5.74) is 2.76. The first-order valence-electron chi connectivity index (χ1n) is 10.3. The van der Waals surface area contributed by atoms with Gasteiger partial charge in [0.15, 0.2) is 5.65 Å². The highest BCUT2D eigenvalue weighted by Crippen LogP contribution is 2.23. The number of para-hydroxylation sites is 1. The lowest BCUT2D eigenvalue weighted by atomic mass is 10.2. The van der Waals surface area contributed by atoms with E-state index in [9.17, 15) is 9.90 Å². The Balaban J connectivity index is 1.30. The fraction of sp³-hybridized carbons (Fsp3) is 0.208. The van der Waals surface area contributed by atoms with Crippen molar-refractivity contribution in [2.24, 2.45) is 0 Å². The lowest BCUT2D eigenvalue weighted by Crippen LogP contribution is -2.25. The van der Waals surface area contributed by atoms with Crippen molar-refractivity contribution in [1.82, 2.24) is 20.5 Å². The standard InChI is InChI=1S/C24H24N4O4/c1-16-22-10-17(14-26-23(22)28-27-16)15-32-21-12-18(11-19(29)13-21)24(30)25-8-5-9-31-20-6-3-2-4-7-20/h2-4,6-7,10-14,29H,5,8-9,15H2,1H3,(H,25,30)(H,26,27,28). The van der Waals surface area contributed by atoms with Crippen LogP contribution in [0.25, 0.3) is 11.0 Å².